The van der Waals surface area contributed by atoms with Gasteiger partial charge in [-0.3, -0.25) is 4.90 Å². The van der Waals surface area contributed by atoms with E-state index in [4.69, 9.17) is 32.8 Å². The second kappa shape index (κ2) is 6.74. The molecular formula is C14H14Cl2N4O3. The first-order chi connectivity index (χ1) is 11.0. The predicted molar refractivity (Wildman–Crippen MR) is 84.6 cm³/mol. The largest absolute Gasteiger partial charge is 0.465 e. The number of piperazine rings is 1. The minimum Gasteiger partial charge on any atom is -0.465 e. The van der Waals surface area contributed by atoms with Gasteiger partial charge in [0, 0.05) is 31.2 Å². The lowest BCUT2D eigenvalue weighted by molar-refractivity contribution is 0.101. The minimum atomic E-state index is -0.887. The van der Waals surface area contributed by atoms with E-state index in [1.54, 1.807) is 18.2 Å². The molecule has 0 radical (unpaired) electrons. The second-order valence-corrected chi connectivity index (χ2v) is 6.03. The van der Waals surface area contributed by atoms with Crippen LogP contribution >= 0.6 is 23.2 Å². The summed E-state index contributed by atoms with van der Waals surface area (Å²) in [6.07, 6.45) is -0.887. The van der Waals surface area contributed by atoms with Crippen molar-refractivity contribution in [3.05, 3.63) is 34.1 Å². The SMILES string of the molecule is O=C(O)N1CCN(Cc2noc(-c3cc(Cl)ccc3Cl)n2)CC1. The number of benzene rings is 1. The molecule has 2 heterocycles. The Morgan fingerprint density at radius 2 is 2.00 bits per heavy atom. The highest BCUT2D eigenvalue weighted by Gasteiger charge is 2.22. The van der Waals surface area contributed by atoms with Crippen LogP contribution < -0.4 is 0 Å². The van der Waals surface area contributed by atoms with E-state index in [2.05, 4.69) is 15.0 Å². The molecule has 1 aromatic heterocycles. The van der Waals surface area contributed by atoms with Gasteiger partial charge in [-0.1, -0.05) is 28.4 Å². The van der Waals surface area contributed by atoms with E-state index in [1.165, 1.54) is 4.90 Å². The number of carbonyl (C=O) groups is 1. The summed E-state index contributed by atoms with van der Waals surface area (Å²) >= 11 is 12.1. The molecule has 0 atom stereocenters. The molecule has 0 spiro atoms. The van der Waals surface area contributed by atoms with Crippen molar-refractivity contribution in [2.24, 2.45) is 0 Å². The van der Waals surface area contributed by atoms with Crippen molar-refractivity contribution in [3.8, 4) is 11.5 Å². The van der Waals surface area contributed by atoms with Crippen LogP contribution in [0.2, 0.25) is 10.0 Å². The number of halogens is 2. The van der Waals surface area contributed by atoms with Gasteiger partial charge in [-0.05, 0) is 18.2 Å². The van der Waals surface area contributed by atoms with Crippen LogP contribution in [0.3, 0.4) is 0 Å². The van der Waals surface area contributed by atoms with Crippen molar-refractivity contribution in [3.63, 3.8) is 0 Å². The fraction of sp³-hybridized carbons (Fsp3) is 0.357. The lowest BCUT2D eigenvalue weighted by Crippen LogP contribution is -2.47. The van der Waals surface area contributed by atoms with Gasteiger partial charge in [0.05, 0.1) is 17.1 Å². The third-order valence-electron chi connectivity index (χ3n) is 3.63. The standard InChI is InChI=1S/C14H14Cl2N4O3/c15-9-1-2-11(16)10(7-9)13-17-12(18-23-13)8-19-3-5-20(6-4-19)14(21)22/h1-2,7H,3-6,8H2,(H,21,22). The quantitative estimate of drug-likeness (QED) is 0.910. The van der Waals surface area contributed by atoms with Crippen molar-refractivity contribution in [2.75, 3.05) is 26.2 Å². The van der Waals surface area contributed by atoms with Gasteiger partial charge in [0.15, 0.2) is 5.82 Å². The molecule has 1 aliphatic heterocycles. The van der Waals surface area contributed by atoms with Gasteiger partial charge in [-0.15, -0.1) is 0 Å². The number of carboxylic acid groups (broad SMARTS) is 1. The normalized spacial score (nSPS) is 15.8. The maximum atomic E-state index is 10.9. The third kappa shape index (κ3) is 3.74. The molecule has 1 saturated heterocycles. The molecular weight excluding hydrogens is 343 g/mol. The van der Waals surface area contributed by atoms with Crippen molar-refractivity contribution >= 4 is 29.3 Å². The number of hydrogen-bond acceptors (Lipinski definition) is 5. The average Bonchev–Trinajstić information content (AvgIpc) is 2.98. The minimum absolute atomic E-state index is 0.316. The van der Waals surface area contributed by atoms with Crippen LogP contribution in [0.4, 0.5) is 4.79 Å². The van der Waals surface area contributed by atoms with Crippen molar-refractivity contribution in [1.29, 1.82) is 0 Å². The fourth-order valence-corrected chi connectivity index (χ4v) is 2.76. The molecule has 1 aliphatic rings. The summed E-state index contributed by atoms with van der Waals surface area (Å²) < 4.78 is 5.25. The number of aromatic nitrogens is 2. The molecule has 1 aromatic carbocycles. The van der Waals surface area contributed by atoms with Gasteiger partial charge in [-0.2, -0.15) is 4.98 Å². The van der Waals surface area contributed by atoms with Crippen molar-refractivity contribution < 1.29 is 14.4 Å². The molecule has 0 unspecified atom stereocenters. The topological polar surface area (TPSA) is 82.7 Å². The summed E-state index contributed by atoms with van der Waals surface area (Å²) in [5, 5.41) is 13.9. The molecule has 1 amide bonds. The van der Waals surface area contributed by atoms with Gasteiger partial charge in [0.25, 0.3) is 5.89 Å². The molecule has 2 aromatic rings. The molecule has 3 rings (SSSR count). The van der Waals surface area contributed by atoms with Crippen LogP contribution in [0.15, 0.2) is 22.7 Å². The van der Waals surface area contributed by atoms with E-state index >= 15 is 0 Å². The Morgan fingerprint density at radius 3 is 2.70 bits per heavy atom. The second-order valence-electron chi connectivity index (χ2n) is 5.19. The Hall–Kier alpha value is -1.83. The number of nitrogens with zero attached hydrogens (tertiary/aromatic N) is 4. The van der Waals surface area contributed by atoms with E-state index in [9.17, 15) is 4.79 Å². The molecule has 9 heteroatoms. The van der Waals surface area contributed by atoms with Gasteiger partial charge >= 0.3 is 6.09 Å². The maximum Gasteiger partial charge on any atom is 0.407 e. The average molecular weight is 357 g/mol. The van der Waals surface area contributed by atoms with Crippen LogP contribution in [0.25, 0.3) is 11.5 Å². The zero-order valence-electron chi connectivity index (χ0n) is 12.1. The summed E-state index contributed by atoms with van der Waals surface area (Å²) in [7, 11) is 0. The Labute approximate surface area is 142 Å². The smallest absolute Gasteiger partial charge is 0.407 e. The summed E-state index contributed by atoms with van der Waals surface area (Å²) in [4.78, 5) is 18.7. The highest BCUT2D eigenvalue weighted by molar-refractivity contribution is 6.35. The van der Waals surface area contributed by atoms with E-state index < -0.39 is 6.09 Å². The van der Waals surface area contributed by atoms with Crippen LogP contribution in [0.1, 0.15) is 5.82 Å². The Bertz CT molecular complexity index is 714. The molecule has 122 valence electrons. The van der Waals surface area contributed by atoms with E-state index in [1.807, 2.05) is 0 Å². The molecule has 23 heavy (non-hydrogen) atoms. The third-order valence-corrected chi connectivity index (χ3v) is 4.20. The first-order valence-corrected chi connectivity index (χ1v) is 7.77. The van der Waals surface area contributed by atoms with Gasteiger partial charge in [-0.25, -0.2) is 4.79 Å². The number of rotatable bonds is 3. The first-order valence-electron chi connectivity index (χ1n) is 7.01. The predicted octanol–water partition coefficient (Wildman–Crippen LogP) is 2.84. The first kappa shape index (κ1) is 16.0. The highest BCUT2D eigenvalue weighted by atomic mass is 35.5. The Kier molecular flexibility index (Phi) is 4.70. The molecule has 0 aliphatic carbocycles. The van der Waals surface area contributed by atoms with E-state index in [-0.39, 0.29) is 0 Å². The van der Waals surface area contributed by atoms with Crippen molar-refractivity contribution in [1.82, 2.24) is 19.9 Å². The lowest BCUT2D eigenvalue weighted by atomic mass is 10.2. The molecule has 7 nitrogen and oxygen atoms in total. The van der Waals surface area contributed by atoms with Crippen LogP contribution in [-0.4, -0.2) is 57.3 Å². The van der Waals surface area contributed by atoms with Crippen LogP contribution in [0.5, 0.6) is 0 Å². The zero-order chi connectivity index (χ0) is 16.4. The summed E-state index contributed by atoms with van der Waals surface area (Å²) in [5.41, 5.74) is 0.591. The van der Waals surface area contributed by atoms with Crippen LogP contribution in [0, 0.1) is 0 Å². The molecule has 0 bridgehead atoms. The Morgan fingerprint density at radius 1 is 1.26 bits per heavy atom. The van der Waals surface area contributed by atoms with E-state index in [0.717, 1.165) is 0 Å². The maximum absolute atomic E-state index is 10.9. The van der Waals surface area contributed by atoms with Gasteiger partial charge in [0.2, 0.25) is 0 Å². The number of hydrogen-bond donors (Lipinski definition) is 1. The monoisotopic (exact) mass is 356 g/mol. The Balaban J connectivity index is 1.66. The van der Waals surface area contributed by atoms with Crippen molar-refractivity contribution in [2.45, 2.75) is 6.54 Å². The van der Waals surface area contributed by atoms with E-state index in [0.29, 0.717) is 60.0 Å². The molecule has 0 saturated carbocycles. The molecule has 1 N–H and O–H groups in total. The zero-order valence-corrected chi connectivity index (χ0v) is 13.6. The van der Waals surface area contributed by atoms with Gasteiger partial charge in [0.1, 0.15) is 0 Å². The summed E-state index contributed by atoms with van der Waals surface area (Å²) in [6.45, 7) is 2.71. The fourth-order valence-electron chi connectivity index (χ4n) is 2.39. The molecule has 1 fully saturated rings. The lowest BCUT2D eigenvalue weighted by Gasteiger charge is -2.32. The highest BCUT2D eigenvalue weighted by Crippen LogP contribution is 2.29. The number of amides is 1. The van der Waals surface area contributed by atoms with Gasteiger partial charge < -0.3 is 14.5 Å². The summed E-state index contributed by atoms with van der Waals surface area (Å²) in [6, 6.07) is 5.04. The summed E-state index contributed by atoms with van der Waals surface area (Å²) in [5.74, 6) is 0.844. The van der Waals surface area contributed by atoms with Crippen LogP contribution in [-0.2, 0) is 6.54 Å².